The Hall–Kier alpha value is -3.13. The van der Waals surface area contributed by atoms with Gasteiger partial charge in [-0.2, -0.15) is 10.1 Å². The number of H-pyrrole nitrogens is 1. The van der Waals surface area contributed by atoms with Crippen LogP contribution in [0.1, 0.15) is 20.8 Å². The lowest BCUT2D eigenvalue weighted by Gasteiger charge is -1.98. The molecule has 24 heavy (non-hydrogen) atoms. The van der Waals surface area contributed by atoms with Crippen molar-refractivity contribution in [2.24, 2.45) is 5.10 Å². The number of aryl methyl sites for hydroxylation is 1. The molecule has 0 aliphatic carbocycles. The standard InChI is InChI=1S/C16H13N5O2S/c1-11-4-7-21(8-5-11)14-13(24-16(23)19-14)10-18-20-15(22)12-3-2-6-17-9-12/h2-10H,1H3,(H-,18,19,20,22,23)/p+1. The average molecular weight is 340 g/mol. The molecule has 0 saturated carbocycles. The van der Waals surface area contributed by atoms with Crippen molar-refractivity contribution < 1.29 is 9.36 Å². The zero-order valence-corrected chi connectivity index (χ0v) is 13.6. The topological polar surface area (TPSA) is 91.1 Å². The summed E-state index contributed by atoms with van der Waals surface area (Å²) in [4.78, 5) is 30.6. The highest BCUT2D eigenvalue weighted by Crippen LogP contribution is 2.06. The van der Waals surface area contributed by atoms with Crippen molar-refractivity contribution in [1.82, 2.24) is 15.4 Å². The van der Waals surface area contributed by atoms with Crippen molar-refractivity contribution >= 4 is 23.5 Å². The van der Waals surface area contributed by atoms with E-state index in [1.54, 1.807) is 22.9 Å². The molecule has 0 saturated heterocycles. The molecule has 0 aliphatic rings. The van der Waals surface area contributed by atoms with E-state index in [1.165, 1.54) is 12.4 Å². The molecule has 2 N–H and O–H groups in total. The van der Waals surface area contributed by atoms with Crippen LogP contribution in [0, 0.1) is 6.92 Å². The number of carbonyl (C=O) groups excluding carboxylic acids is 1. The summed E-state index contributed by atoms with van der Waals surface area (Å²) in [6.45, 7) is 1.98. The summed E-state index contributed by atoms with van der Waals surface area (Å²) < 4.78 is 1.79. The average Bonchev–Trinajstić information content (AvgIpc) is 2.97. The number of amides is 1. The van der Waals surface area contributed by atoms with E-state index in [0.29, 0.717) is 16.3 Å². The molecule has 8 heteroatoms. The van der Waals surface area contributed by atoms with E-state index in [-0.39, 0.29) is 10.8 Å². The van der Waals surface area contributed by atoms with Gasteiger partial charge in [-0.1, -0.05) is 0 Å². The Morgan fingerprint density at radius 2 is 2.17 bits per heavy atom. The number of aromatic amines is 1. The SMILES string of the molecule is Cc1cc[n+](-c2[nH]c(=O)sc2/C=N/NC(=O)c2cccnc2)cc1. The highest BCUT2D eigenvalue weighted by molar-refractivity contribution is 7.11. The lowest BCUT2D eigenvalue weighted by Crippen LogP contribution is -2.31. The first-order chi connectivity index (χ1) is 11.6. The summed E-state index contributed by atoms with van der Waals surface area (Å²) in [6, 6.07) is 7.17. The number of pyridine rings is 2. The monoisotopic (exact) mass is 340 g/mol. The molecule has 120 valence electrons. The van der Waals surface area contributed by atoms with Gasteiger partial charge in [0.25, 0.3) is 5.91 Å². The van der Waals surface area contributed by atoms with Crippen LogP contribution in [-0.2, 0) is 0 Å². The van der Waals surface area contributed by atoms with Crippen molar-refractivity contribution in [1.29, 1.82) is 0 Å². The number of hydrogen-bond acceptors (Lipinski definition) is 5. The van der Waals surface area contributed by atoms with Crippen molar-refractivity contribution in [3.63, 3.8) is 0 Å². The quantitative estimate of drug-likeness (QED) is 0.424. The van der Waals surface area contributed by atoms with Gasteiger partial charge in [-0.15, -0.1) is 0 Å². The summed E-state index contributed by atoms with van der Waals surface area (Å²) >= 11 is 1.02. The van der Waals surface area contributed by atoms with Gasteiger partial charge in [-0.05, 0) is 48.1 Å². The second kappa shape index (κ2) is 6.97. The van der Waals surface area contributed by atoms with E-state index in [9.17, 15) is 9.59 Å². The molecule has 0 fully saturated rings. The molecule has 0 unspecified atom stereocenters. The van der Waals surface area contributed by atoms with Crippen LogP contribution in [0.15, 0.2) is 58.9 Å². The fourth-order valence-corrected chi connectivity index (χ4v) is 2.68. The Kier molecular flexibility index (Phi) is 4.57. The summed E-state index contributed by atoms with van der Waals surface area (Å²) in [7, 11) is 0. The largest absolute Gasteiger partial charge is 0.390 e. The zero-order chi connectivity index (χ0) is 16.9. The highest BCUT2D eigenvalue weighted by Gasteiger charge is 2.16. The lowest BCUT2D eigenvalue weighted by atomic mass is 10.3. The van der Waals surface area contributed by atoms with Crippen molar-refractivity contribution in [2.75, 3.05) is 0 Å². The van der Waals surface area contributed by atoms with Gasteiger partial charge < -0.3 is 0 Å². The fraction of sp³-hybridized carbons (Fsp3) is 0.0625. The van der Waals surface area contributed by atoms with E-state index >= 15 is 0 Å². The lowest BCUT2D eigenvalue weighted by molar-refractivity contribution is -0.599. The molecule has 0 atom stereocenters. The summed E-state index contributed by atoms with van der Waals surface area (Å²) in [6.07, 6.45) is 8.17. The number of rotatable bonds is 4. The highest BCUT2D eigenvalue weighted by atomic mass is 32.1. The molecular weight excluding hydrogens is 326 g/mol. The summed E-state index contributed by atoms with van der Waals surface area (Å²) in [5.74, 6) is 0.233. The third kappa shape index (κ3) is 3.61. The molecule has 3 aromatic rings. The maximum Gasteiger partial charge on any atom is 0.390 e. The van der Waals surface area contributed by atoms with E-state index in [4.69, 9.17) is 0 Å². The van der Waals surface area contributed by atoms with Crippen LogP contribution in [-0.4, -0.2) is 22.1 Å². The van der Waals surface area contributed by atoms with Gasteiger partial charge >= 0.3 is 10.7 Å². The Morgan fingerprint density at radius 1 is 1.38 bits per heavy atom. The molecule has 0 spiro atoms. The number of carbonyl (C=O) groups is 1. The molecule has 7 nitrogen and oxygen atoms in total. The van der Waals surface area contributed by atoms with Gasteiger partial charge in [0.15, 0.2) is 0 Å². The van der Waals surface area contributed by atoms with E-state index in [0.717, 1.165) is 16.9 Å². The fourth-order valence-electron chi connectivity index (χ4n) is 1.97. The van der Waals surface area contributed by atoms with Crippen LogP contribution < -0.4 is 14.9 Å². The molecule has 1 amide bonds. The van der Waals surface area contributed by atoms with Crippen LogP contribution >= 0.6 is 11.3 Å². The first-order valence-electron chi connectivity index (χ1n) is 7.08. The predicted molar refractivity (Wildman–Crippen MR) is 90.5 cm³/mol. The van der Waals surface area contributed by atoms with Crippen LogP contribution in [0.3, 0.4) is 0 Å². The Bertz CT molecular complexity index is 929. The number of nitrogens with zero attached hydrogens (tertiary/aromatic N) is 3. The minimum atomic E-state index is -0.369. The van der Waals surface area contributed by atoms with Crippen LogP contribution in [0.5, 0.6) is 0 Å². The second-order valence-electron chi connectivity index (χ2n) is 4.95. The van der Waals surface area contributed by atoms with Gasteiger partial charge in [-0.25, -0.2) is 14.8 Å². The summed E-state index contributed by atoms with van der Waals surface area (Å²) in [5, 5.41) is 3.92. The van der Waals surface area contributed by atoms with Gasteiger partial charge in [-0.3, -0.25) is 9.78 Å². The normalized spacial score (nSPS) is 10.9. The van der Waals surface area contributed by atoms with Gasteiger partial charge in [0.1, 0.15) is 4.88 Å². The smallest absolute Gasteiger partial charge is 0.267 e. The molecule has 0 aliphatic heterocycles. The molecule has 0 aromatic carbocycles. The Labute approximate surface area is 141 Å². The Morgan fingerprint density at radius 3 is 2.88 bits per heavy atom. The van der Waals surface area contributed by atoms with Crippen LogP contribution in [0.2, 0.25) is 0 Å². The summed E-state index contributed by atoms with van der Waals surface area (Å²) in [5.41, 5.74) is 3.94. The van der Waals surface area contributed by atoms with Crippen LogP contribution in [0.25, 0.3) is 5.82 Å². The van der Waals surface area contributed by atoms with E-state index in [1.807, 2.05) is 31.5 Å². The van der Waals surface area contributed by atoms with Crippen molar-refractivity contribution in [3.05, 3.63) is 74.7 Å². The first kappa shape index (κ1) is 15.8. The van der Waals surface area contributed by atoms with Crippen LogP contribution in [0.4, 0.5) is 0 Å². The predicted octanol–water partition coefficient (Wildman–Crippen LogP) is 1.18. The number of nitrogens with one attached hydrogen (secondary N) is 2. The minimum Gasteiger partial charge on any atom is -0.267 e. The Balaban J connectivity index is 1.79. The van der Waals surface area contributed by atoms with E-state index < -0.39 is 0 Å². The van der Waals surface area contributed by atoms with E-state index in [2.05, 4.69) is 20.5 Å². The number of hydrogen-bond donors (Lipinski definition) is 2. The molecule has 3 aromatic heterocycles. The molecule has 0 radical (unpaired) electrons. The molecule has 3 heterocycles. The van der Waals surface area contributed by atoms with Gasteiger partial charge in [0.2, 0.25) is 0 Å². The number of aromatic nitrogens is 3. The van der Waals surface area contributed by atoms with Crippen molar-refractivity contribution in [2.45, 2.75) is 6.92 Å². The third-order valence-electron chi connectivity index (χ3n) is 3.18. The molecule has 3 rings (SSSR count). The molecule has 0 bridgehead atoms. The van der Waals surface area contributed by atoms with Gasteiger partial charge in [0.05, 0.1) is 24.2 Å². The third-order valence-corrected chi connectivity index (χ3v) is 3.99. The maximum atomic E-state index is 11.9. The number of hydrazone groups is 1. The second-order valence-corrected chi connectivity index (χ2v) is 5.97. The van der Waals surface area contributed by atoms with Crippen molar-refractivity contribution in [3.8, 4) is 5.82 Å². The maximum absolute atomic E-state index is 11.9. The molecular formula is C16H14N5O2S+. The minimum absolute atomic E-state index is 0.196. The zero-order valence-electron chi connectivity index (χ0n) is 12.8. The number of thiazole rings is 1. The first-order valence-corrected chi connectivity index (χ1v) is 7.90. The van der Waals surface area contributed by atoms with Gasteiger partial charge in [0, 0.05) is 12.4 Å².